The van der Waals surface area contributed by atoms with Crippen LogP contribution in [-0.2, 0) is 35.1 Å². The number of rotatable bonds is 14. The van der Waals surface area contributed by atoms with E-state index in [1.54, 1.807) is 0 Å². The highest BCUT2D eigenvalue weighted by Gasteiger charge is 2.48. The molecule has 2 fully saturated rings. The van der Waals surface area contributed by atoms with Gasteiger partial charge in [0, 0.05) is 31.8 Å². The molecule has 42 heavy (non-hydrogen) atoms. The van der Waals surface area contributed by atoms with Crippen LogP contribution in [-0.4, -0.2) is 125 Å². The number of hydrogen-bond acceptors (Lipinski definition) is 12. The number of benzene rings is 1. The van der Waals surface area contributed by atoms with Gasteiger partial charge in [-0.3, -0.25) is 14.5 Å². The number of nitrogens with zero attached hydrogens (tertiary/aromatic N) is 1. The summed E-state index contributed by atoms with van der Waals surface area (Å²) in [7, 11) is 0. The molecule has 5 atom stereocenters. The molecule has 0 spiro atoms. The molecule has 0 bridgehead atoms. The summed E-state index contributed by atoms with van der Waals surface area (Å²) in [6.45, 7) is 11.8. The van der Waals surface area contributed by atoms with Crippen molar-refractivity contribution in [2.75, 3.05) is 39.5 Å². The van der Waals surface area contributed by atoms with E-state index in [1.165, 1.54) is 18.2 Å². The van der Waals surface area contributed by atoms with Gasteiger partial charge in [0.2, 0.25) is 6.29 Å². The number of carbonyl (C=O) groups is 3. The van der Waals surface area contributed by atoms with E-state index in [4.69, 9.17) is 23.7 Å². The zero-order valence-electron chi connectivity index (χ0n) is 24.4. The lowest BCUT2D eigenvalue weighted by molar-refractivity contribution is -0.271. The Balaban J connectivity index is 1.68. The summed E-state index contributed by atoms with van der Waals surface area (Å²) >= 11 is 0. The van der Waals surface area contributed by atoms with Crippen LogP contribution in [0.4, 0.5) is 0 Å². The van der Waals surface area contributed by atoms with Crippen molar-refractivity contribution < 1.29 is 58.5 Å². The van der Waals surface area contributed by atoms with Crippen LogP contribution in [0.25, 0.3) is 0 Å². The lowest BCUT2D eigenvalue weighted by Gasteiger charge is -2.41. The van der Waals surface area contributed by atoms with Gasteiger partial charge >= 0.3 is 5.97 Å². The van der Waals surface area contributed by atoms with Gasteiger partial charge in [-0.1, -0.05) is 6.07 Å². The molecule has 2 heterocycles. The number of aliphatic hydroxyl groups is 3. The number of morpholine rings is 1. The van der Waals surface area contributed by atoms with Crippen molar-refractivity contribution in [2.24, 2.45) is 0 Å². The molecule has 14 heteroatoms. The van der Waals surface area contributed by atoms with Gasteiger partial charge in [-0.2, -0.15) is 0 Å². The smallest absolute Gasteiger partial charge is 0.335 e. The van der Waals surface area contributed by atoms with Gasteiger partial charge < -0.3 is 49.4 Å². The lowest BCUT2D eigenvalue weighted by atomic mass is 9.98. The van der Waals surface area contributed by atoms with Gasteiger partial charge in [-0.05, 0) is 51.8 Å². The van der Waals surface area contributed by atoms with E-state index in [2.05, 4.69) is 24.1 Å². The second-order valence-corrected chi connectivity index (χ2v) is 11.5. The Labute approximate surface area is 244 Å². The molecular weight excluding hydrogens is 556 g/mol. The minimum Gasteiger partial charge on any atom is -0.479 e. The Bertz CT molecular complexity index is 1070. The van der Waals surface area contributed by atoms with Crippen LogP contribution >= 0.6 is 0 Å². The molecule has 0 aliphatic carbocycles. The average Bonchev–Trinajstić information content (AvgIpc) is 2.95. The highest BCUT2D eigenvalue weighted by molar-refractivity contribution is 5.97. The summed E-state index contributed by atoms with van der Waals surface area (Å²) < 4.78 is 27.2. The molecule has 1 aromatic carbocycles. The highest BCUT2D eigenvalue weighted by atomic mass is 16.7. The van der Waals surface area contributed by atoms with Crippen LogP contribution in [0.15, 0.2) is 18.2 Å². The molecule has 236 valence electrons. The van der Waals surface area contributed by atoms with Crippen LogP contribution in [0, 0.1) is 0 Å². The van der Waals surface area contributed by atoms with Crippen LogP contribution in [0.3, 0.4) is 0 Å². The molecule has 1 aromatic rings. The molecule has 0 aromatic heterocycles. The van der Waals surface area contributed by atoms with Crippen molar-refractivity contribution in [3.63, 3.8) is 0 Å². The van der Waals surface area contributed by atoms with Crippen molar-refractivity contribution in [2.45, 2.75) is 82.6 Å². The maximum absolute atomic E-state index is 13.3. The molecule has 1 amide bonds. The first-order valence-corrected chi connectivity index (χ1v) is 13.8. The predicted octanol–water partition coefficient (Wildman–Crippen LogP) is -0.343. The van der Waals surface area contributed by atoms with Crippen molar-refractivity contribution in [1.82, 2.24) is 10.2 Å². The summed E-state index contributed by atoms with van der Waals surface area (Å²) in [5.41, 5.74) is -0.416. The quantitative estimate of drug-likeness (QED) is 0.175. The third kappa shape index (κ3) is 8.83. The largest absolute Gasteiger partial charge is 0.479 e. The van der Waals surface area contributed by atoms with Crippen LogP contribution in [0.5, 0.6) is 5.75 Å². The topological polar surface area (TPSA) is 194 Å². The first kappa shape index (κ1) is 33.6. The number of nitrogens with one attached hydrogen (secondary N) is 1. The number of carboxylic acid groups (broad SMARTS) is 1. The zero-order chi connectivity index (χ0) is 31.1. The third-order valence-electron chi connectivity index (χ3n) is 7.41. The fourth-order valence-electron chi connectivity index (χ4n) is 4.70. The summed E-state index contributed by atoms with van der Waals surface area (Å²) in [6, 6.07) is 4.26. The van der Waals surface area contributed by atoms with E-state index in [1.807, 2.05) is 13.8 Å². The van der Waals surface area contributed by atoms with Gasteiger partial charge in [0.05, 0.1) is 24.4 Å². The Morgan fingerprint density at radius 1 is 1.10 bits per heavy atom. The molecule has 0 unspecified atom stereocenters. The molecule has 0 radical (unpaired) electrons. The number of aliphatic carboxylic acids is 1. The molecule has 5 N–H and O–H groups in total. The van der Waals surface area contributed by atoms with E-state index in [-0.39, 0.29) is 36.5 Å². The van der Waals surface area contributed by atoms with Crippen molar-refractivity contribution in [3.05, 3.63) is 29.3 Å². The Hall–Kier alpha value is -2.85. The molecule has 14 nitrogen and oxygen atoms in total. The van der Waals surface area contributed by atoms with Crippen LogP contribution < -0.4 is 10.1 Å². The molecule has 3 rings (SSSR count). The number of hydrogen-bond donors (Lipinski definition) is 5. The summed E-state index contributed by atoms with van der Waals surface area (Å²) in [4.78, 5) is 37.8. The number of carbonyl (C=O) groups excluding carboxylic acids is 2. The minimum absolute atomic E-state index is 0.0328. The van der Waals surface area contributed by atoms with Crippen LogP contribution in [0.1, 0.15) is 50.0 Å². The molecular formula is C28H42N2O12. The number of ether oxygens (including phenoxy) is 5. The minimum atomic E-state index is -1.90. The third-order valence-corrected chi connectivity index (χ3v) is 7.41. The van der Waals surface area contributed by atoms with Crippen LogP contribution in [0.2, 0.25) is 0 Å². The summed E-state index contributed by atoms with van der Waals surface area (Å²) in [5.74, 6) is -2.27. The Morgan fingerprint density at radius 2 is 1.79 bits per heavy atom. The normalized spacial score (nSPS) is 25.5. The Kier molecular flexibility index (Phi) is 11.7. The van der Waals surface area contributed by atoms with E-state index in [0.29, 0.717) is 25.4 Å². The summed E-state index contributed by atoms with van der Waals surface area (Å²) in [5, 5.41) is 42.6. The second-order valence-electron chi connectivity index (χ2n) is 11.5. The van der Waals surface area contributed by atoms with E-state index in [9.17, 15) is 34.8 Å². The van der Waals surface area contributed by atoms with Crippen molar-refractivity contribution >= 4 is 18.3 Å². The monoisotopic (exact) mass is 598 g/mol. The van der Waals surface area contributed by atoms with E-state index < -0.39 is 48.2 Å². The maximum atomic E-state index is 13.3. The number of amides is 1. The number of carboxylic acids is 1. The summed E-state index contributed by atoms with van der Waals surface area (Å²) in [6.07, 6.45) is -8.43. The predicted molar refractivity (Wildman–Crippen MR) is 146 cm³/mol. The van der Waals surface area contributed by atoms with Gasteiger partial charge in [0.25, 0.3) is 12.4 Å². The maximum Gasteiger partial charge on any atom is 0.335 e. The van der Waals surface area contributed by atoms with Gasteiger partial charge in [-0.25, -0.2) is 4.79 Å². The SMILES string of the molecule is CC(C)(CNC(=O)c1cc(COC=O)ccc1O[C@@H]1O[C@H](C(=O)O)[C@@H](O)[C@H](O)[C@H]1O)OCCC(C)(C)N1CCOCC1. The van der Waals surface area contributed by atoms with E-state index >= 15 is 0 Å². The van der Waals surface area contributed by atoms with E-state index in [0.717, 1.165) is 19.5 Å². The van der Waals surface area contributed by atoms with Gasteiger partial charge in [-0.15, -0.1) is 0 Å². The zero-order valence-corrected chi connectivity index (χ0v) is 24.4. The molecule has 2 aliphatic rings. The molecule has 2 aliphatic heterocycles. The first-order valence-electron chi connectivity index (χ1n) is 13.8. The van der Waals surface area contributed by atoms with Gasteiger partial charge in [0.15, 0.2) is 6.10 Å². The fourth-order valence-corrected chi connectivity index (χ4v) is 4.70. The van der Waals surface area contributed by atoms with Crippen molar-refractivity contribution in [3.8, 4) is 5.75 Å². The average molecular weight is 599 g/mol. The van der Waals surface area contributed by atoms with Gasteiger partial charge in [0.1, 0.15) is 30.7 Å². The first-order chi connectivity index (χ1) is 19.8. The van der Waals surface area contributed by atoms with Crippen molar-refractivity contribution in [1.29, 1.82) is 0 Å². The fraction of sp³-hybridized carbons (Fsp3) is 0.679. The number of aliphatic hydroxyl groups excluding tert-OH is 3. The lowest BCUT2D eigenvalue weighted by Crippen LogP contribution is -2.61. The standard InChI is InChI=1S/C28H42N2O12/c1-27(2,30-8-11-38-12-9-30)7-10-40-28(3,4)15-29-24(35)18-13-17(14-39-16-31)5-6-19(18)41-26-22(34)20(32)21(33)23(42-26)25(36)37/h5-6,13,16,20-23,26,32-34H,7-12,14-15H2,1-4H3,(H,29,35)(H,36,37)/t20-,21-,22+,23-,26+/m0/s1. The molecule has 2 saturated heterocycles. The Morgan fingerprint density at radius 3 is 2.43 bits per heavy atom. The molecule has 0 saturated carbocycles. The highest BCUT2D eigenvalue weighted by Crippen LogP contribution is 2.28. The second kappa shape index (κ2) is 14.6.